The van der Waals surface area contributed by atoms with Gasteiger partial charge >= 0.3 is 5.97 Å². The lowest BCUT2D eigenvalue weighted by atomic mass is 10.0. The van der Waals surface area contributed by atoms with Crippen molar-refractivity contribution in [3.8, 4) is 17.0 Å². The summed E-state index contributed by atoms with van der Waals surface area (Å²) in [5.41, 5.74) is 8.68. The molecule has 22 heavy (non-hydrogen) atoms. The second kappa shape index (κ2) is 6.98. The smallest absolute Gasteiger partial charge is 0.307 e. The molecule has 6 nitrogen and oxygen atoms in total. The lowest BCUT2D eigenvalue weighted by Gasteiger charge is -2.09. The highest BCUT2D eigenvalue weighted by Gasteiger charge is 2.14. The summed E-state index contributed by atoms with van der Waals surface area (Å²) in [6.45, 7) is 4.53. The molecule has 6 heteroatoms. The normalized spacial score (nSPS) is 10.5. The van der Waals surface area contributed by atoms with E-state index >= 15 is 0 Å². The third-order valence-electron chi connectivity index (χ3n) is 3.35. The first-order valence-electron chi connectivity index (χ1n) is 7.19. The molecule has 0 radical (unpaired) electrons. The van der Waals surface area contributed by atoms with Gasteiger partial charge in [0.1, 0.15) is 11.6 Å². The van der Waals surface area contributed by atoms with Gasteiger partial charge in [0.2, 0.25) is 0 Å². The van der Waals surface area contributed by atoms with Crippen LogP contribution in [0, 0.1) is 6.92 Å². The van der Waals surface area contributed by atoms with Crippen LogP contribution in [0.2, 0.25) is 0 Å². The Morgan fingerprint density at radius 3 is 2.86 bits per heavy atom. The van der Waals surface area contributed by atoms with E-state index in [1.165, 1.54) is 0 Å². The van der Waals surface area contributed by atoms with Crippen LogP contribution in [-0.4, -0.2) is 29.5 Å². The Morgan fingerprint density at radius 2 is 2.18 bits per heavy atom. The number of nitrogens with zero attached hydrogens (tertiary/aromatic N) is 2. The van der Waals surface area contributed by atoms with E-state index in [0.717, 1.165) is 22.6 Å². The molecule has 0 aliphatic rings. The number of carbonyl (C=O) groups excluding carboxylic acids is 1. The van der Waals surface area contributed by atoms with Crippen LogP contribution >= 0.6 is 0 Å². The van der Waals surface area contributed by atoms with Gasteiger partial charge in [0, 0.05) is 11.6 Å². The van der Waals surface area contributed by atoms with Crippen molar-refractivity contribution >= 4 is 11.8 Å². The minimum Gasteiger partial charge on any atom is -0.496 e. The molecular weight excluding hydrogens is 282 g/mol. The number of methoxy groups -OCH3 is 1. The number of rotatable bonds is 6. The van der Waals surface area contributed by atoms with E-state index < -0.39 is 0 Å². The molecule has 2 rings (SSSR count). The van der Waals surface area contributed by atoms with Crippen LogP contribution in [0.5, 0.6) is 5.75 Å². The third kappa shape index (κ3) is 3.39. The minimum absolute atomic E-state index is 0.240. The average molecular weight is 303 g/mol. The van der Waals surface area contributed by atoms with Gasteiger partial charge in [-0.25, -0.2) is 4.68 Å². The average Bonchev–Trinajstić information content (AvgIpc) is 2.85. The van der Waals surface area contributed by atoms with Crippen molar-refractivity contribution in [3.05, 3.63) is 29.8 Å². The highest BCUT2D eigenvalue weighted by atomic mass is 16.5. The number of aromatic nitrogens is 2. The molecule has 0 aliphatic heterocycles. The maximum absolute atomic E-state index is 11.4. The molecule has 0 unspecified atom stereocenters. The van der Waals surface area contributed by atoms with E-state index in [9.17, 15) is 4.79 Å². The van der Waals surface area contributed by atoms with Gasteiger partial charge in [0.05, 0.1) is 32.4 Å². The Kier molecular flexibility index (Phi) is 5.04. The summed E-state index contributed by atoms with van der Waals surface area (Å²) in [5, 5.41) is 4.49. The number of hydrogen-bond acceptors (Lipinski definition) is 5. The van der Waals surface area contributed by atoms with E-state index in [-0.39, 0.29) is 12.4 Å². The molecule has 0 fully saturated rings. The van der Waals surface area contributed by atoms with Gasteiger partial charge in [0.25, 0.3) is 0 Å². The van der Waals surface area contributed by atoms with Crippen LogP contribution in [-0.2, 0) is 16.1 Å². The fraction of sp³-hybridized carbons (Fsp3) is 0.375. The van der Waals surface area contributed by atoms with Crippen LogP contribution in [0.15, 0.2) is 24.3 Å². The molecule has 0 amide bonds. The molecule has 1 aromatic heterocycles. The van der Waals surface area contributed by atoms with Crippen LogP contribution in [0.4, 0.5) is 5.82 Å². The van der Waals surface area contributed by atoms with Crippen molar-refractivity contribution in [2.45, 2.75) is 26.8 Å². The van der Waals surface area contributed by atoms with E-state index in [1.54, 1.807) is 24.8 Å². The number of aryl methyl sites for hydroxylation is 2. The summed E-state index contributed by atoms with van der Waals surface area (Å²) >= 11 is 0. The fourth-order valence-electron chi connectivity index (χ4n) is 2.30. The number of nitrogens with two attached hydrogens (primary N) is 1. The van der Waals surface area contributed by atoms with Gasteiger partial charge in [-0.2, -0.15) is 5.10 Å². The summed E-state index contributed by atoms with van der Waals surface area (Å²) < 4.78 is 11.9. The van der Waals surface area contributed by atoms with Crippen molar-refractivity contribution in [3.63, 3.8) is 0 Å². The molecule has 0 aliphatic carbocycles. The molecule has 0 saturated carbocycles. The number of esters is 1. The molecule has 2 aromatic rings. The molecule has 1 heterocycles. The molecule has 0 bridgehead atoms. The van der Waals surface area contributed by atoms with E-state index in [4.69, 9.17) is 15.2 Å². The van der Waals surface area contributed by atoms with Crippen LogP contribution in [0.1, 0.15) is 18.9 Å². The van der Waals surface area contributed by atoms with E-state index in [2.05, 4.69) is 5.10 Å². The lowest BCUT2D eigenvalue weighted by molar-refractivity contribution is -0.143. The summed E-state index contributed by atoms with van der Waals surface area (Å²) in [6, 6.07) is 7.59. The largest absolute Gasteiger partial charge is 0.496 e. The standard InChI is InChI=1S/C16H21N3O3/c1-4-22-15(20)8-9-19-14(17)10-12(18-19)16-11(2)6-5-7-13(16)21-3/h5-7,10H,4,8-9,17H2,1-3H3. The quantitative estimate of drug-likeness (QED) is 0.829. The Bertz CT molecular complexity index is 665. The monoisotopic (exact) mass is 303 g/mol. The minimum atomic E-state index is -0.257. The summed E-state index contributed by atoms with van der Waals surface area (Å²) in [5.74, 6) is 0.993. The molecular formula is C16H21N3O3. The third-order valence-corrected chi connectivity index (χ3v) is 3.35. The van der Waals surface area contributed by atoms with Crippen LogP contribution in [0.3, 0.4) is 0 Å². The summed E-state index contributed by atoms with van der Waals surface area (Å²) in [6.07, 6.45) is 0.240. The SMILES string of the molecule is CCOC(=O)CCn1nc(-c2c(C)cccc2OC)cc1N. The zero-order valence-corrected chi connectivity index (χ0v) is 13.1. The summed E-state index contributed by atoms with van der Waals surface area (Å²) in [4.78, 5) is 11.4. The Hall–Kier alpha value is -2.50. The Labute approximate surface area is 129 Å². The number of anilines is 1. The van der Waals surface area contributed by atoms with Crippen LogP contribution in [0.25, 0.3) is 11.3 Å². The first kappa shape index (κ1) is 15.9. The fourth-order valence-corrected chi connectivity index (χ4v) is 2.30. The number of hydrogen-bond donors (Lipinski definition) is 1. The highest BCUT2D eigenvalue weighted by Crippen LogP contribution is 2.33. The number of nitrogen functional groups attached to an aromatic ring is 1. The van der Waals surface area contributed by atoms with Crippen molar-refractivity contribution in [2.75, 3.05) is 19.5 Å². The number of carbonyl (C=O) groups is 1. The molecule has 1 aromatic carbocycles. The molecule has 118 valence electrons. The second-order valence-corrected chi connectivity index (χ2v) is 4.88. The van der Waals surface area contributed by atoms with Gasteiger partial charge in [0.15, 0.2) is 0 Å². The Balaban J connectivity index is 2.25. The van der Waals surface area contributed by atoms with E-state index in [1.807, 2.05) is 25.1 Å². The lowest BCUT2D eigenvalue weighted by Crippen LogP contribution is -2.11. The zero-order chi connectivity index (χ0) is 16.1. The van der Waals surface area contributed by atoms with Gasteiger partial charge in [-0.15, -0.1) is 0 Å². The van der Waals surface area contributed by atoms with Gasteiger partial charge in [-0.1, -0.05) is 12.1 Å². The molecule has 0 saturated heterocycles. The highest BCUT2D eigenvalue weighted by molar-refractivity contribution is 5.73. The summed E-state index contributed by atoms with van der Waals surface area (Å²) in [7, 11) is 1.62. The topological polar surface area (TPSA) is 79.4 Å². The van der Waals surface area contributed by atoms with Crippen molar-refractivity contribution in [1.29, 1.82) is 0 Å². The van der Waals surface area contributed by atoms with Crippen LogP contribution < -0.4 is 10.5 Å². The maximum Gasteiger partial charge on any atom is 0.307 e. The second-order valence-electron chi connectivity index (χ2n) is 4.88. The van der Waals surface area contributed by atoms with Crippen molar-refractivity contribution in [2.24, 2.45) is 0 Å². The van der Waals surface area contributed by atoms with Crippen molar-refractivity contribution < 1.29 is 14.3 Å². The maximum atomic E-state index is 11.4. The Morgan fingerprint density at radius 1 is 1.41 bits per heavy atom. The molecule has 2 N–H and O–H groups in total. The van der Waals surface area contributed by atoms with E-state index in [0.29, 0.717) is 19.0 Å². The zero-order valence-electron chi connectivity index (χ0n) is 13.1. The van der Waals surface area contributed by atoms with Gasteiger partial charge < -0.3 is 15.2 Å². The first-order valence-corrected chi connectivity index (χ1v) is 7.19. The molecule has 0 atom stereocenters. The number of benzene rings is 1. The predicted octanol–water partition coefficient (Wildman–Crippen LogP) is 2.40. The predicted molar refractivity (Wildman–Crippen MR) is 84.6 cm³/mol. The molecule has 0 spiro atoms. The number of ether oxygens (including phenoxy) is 2. The van der Waals surface area contributed by atoms with Gasteiger partial charge in [-0.3, -0.25) is 4.79 Å². The first-order chi connectivity index (χ1) is 10.6. The van der Waals surface area contributed by atoms with Crippen molar-refractivity contribution in [1.82, 2.24) is 9.78 Å². The van der Waals surface area contributed by atoms with Gasteiger partial charge in [-0.05, 0) is 25.5 Å².